The standard InChI is InChI=1S/C11H12N2O2S/c1-6-4-8(7(2)13(6)3)5-9-10(14)12-11(15)16-9/h4-5H,1-3H3,(H,12,14,15)/b9-5+. The third kappa shape index (κ3) is 1.78. The summed E-state index contributed by atoms with van der Waals surface area (Å²) < 4.78 is 2.05. The number of thioether (sulfide) groups is 1. The molecule has 4 nitrogen and oxygen atoms in total. The van der Waals surface area contributed by atoms with Crippen LogP contribution in [-0.4, -0.2) is 15.7 Å². The number of carbonyl (C=O) groups excluding carboxylic acids is 2. The minimum Gasteiger partial charge on any atom is -0.352 e. The predicted molar refractivity (Wildman–Crippen MR) is 64.0 cm³/mol. The monoisotopic (exact) mass is 236 g/mol. The summed E-state index contributed by atoms with van der Waals surface area (Å²) in [6.45, 7) is 3.99. The Morgan fingerprint density at radius 1 is 1.38 bits per heavy atom. The van der Waals surface area contributed by atoms with Crippen LogP contribution in [0.2, 0.25) is 0 Å². The lowest BCUT2D eigenvalue weighted by Gasteiger charge is -1.99. The topological polar surface area (TPSA) is 51.1 Å². The number of aryl methyl sites for hydroxylation is 1. The fraction of sp³-hybridized carbons (Fsp3) is 0.273. The van der Waals surface area contributed by atoms with Crippen LogP contribution in [0.4, 0.5) is 4.79 Å². The average molecular weight is 236 g/mol. The van der Waals surface area contributed by atoms with Crippen molar-refractivity contribution in [2.45, 2.75) is 13.8 Å². The van der Waals surface area contributed by atoms with E-state index >= 15 is 0 Å². The fourth-order valence-corrected chi connectivity index (χ4v) is 2.27. The number of nitrogens with one attached hydrogen (secondary N) is 1. The highest BCUT2D eigenvalue weighted by molar-refractivity contribution is 8.18. The Hall–Kier alpha value is -1.49. The zero-order chi connectivity index (χ0) is 11.9. The first-order valence-electron chi connectivity index (χ1n) is 4.87. The molecule has 5 heteroatoms. The number of amides is 2. The maximum atomic E-state index is 11.4. The van der Waals surface area contributed by atoms with Crippen molar-refractivity contribution in [1.29, 1.82) is 0 Å². The van der Waals surface area contributed by atoms with Crippen molar-refractivity contribution in [1.82, 2.24) is 9.88 Å². The van der Waals surface area contributed by atoms with E-state index in [1.165, 1.54) is 0 Å². The molecule has 0 aromatic carbocycles. The van der Waals surface area contributed by atoms with Gasteiger partial charge in [0.15, 0.2) is 0 Å². The quantitative estimate of drug-likeness (QED) is 0.758. The lowest BCUT2D eigenvalue weighted by Crippen LogP contribution is -2.17. The van der Waals surface area contributed by atoms with Crippen molar-refractivity contribution in [2.75, 3.05) is 0 Å². The Labute approximate surface area is 97.7 Å². The summed E-state index contributed by atoms with van der Waals surface area (Å²) in [4.78, 5) is 22.8. The van der Waals surface area contributed by atoms with E-state index in [1.54, 1.807) is 6.08 Å². The highest BCUT2D eigenvalue weighted by Gasteiger charge is 2.25. The van der Waals surface area contributed by atoms with Crippen LogP contribution < -0.4 is 5.32 Å². The highest BCUT2D eigenvalue weighted by Crippen LogP contribution is 2.27. The molecule has 1 fully saturated rings. The van der Waals surface area contributed by atoms with Gasteiger partial charge in [0.05, 0.1) is 4.91 Å². The van der Waals surface area contributed by atoms with Gasteiger partial charge in [0.2, 0.25) is 0 Å². The zero-order valence-electron chi connectivity index (χ0n) is 9.33. The second-order valence-electron chi connectivity index (χ2n) is 3.74. The van der Waals surface area contributed by atoms with Crippen molar-refractivity contribution in [2.24, 2.45) is 7.05 Å². The van der Waals surface area contributed by atoms with Crippen molar-refractivity contribution >= 4 is 29.0 Å². The summed E-state index contributed by atoms with van der Waals surface area (Å²) in [6, 6.07) is 2.00. The second kappa shape index (κ2) is 3.83. The molecule has 16 heavy (non-hydrogen) atoms. The molecule has 1 N–H and O–H groups in total. The summed E-state index contributed by atoms with van der Waals surface area (Å²) in [5.41, 5.74) is 3.18. The van der Waals surface area contributed by atoms with Crippen LogP contribution in [0.15, 0.2) is 11.0 Å². The van der Waals surface area contributed by atoms with Crippen LogP contribution in [-0.2, 0) is 11.8 Å². The normalized spacial score (nSPS) is 18.3. The molecule has 84 valence electrons. The SMILES string of the molecule is Cc1cc(/C=C2/SC(=O)NC2=O)c(C)n1C. The number of rotatable bonds is 1. The maximum Gasteiger partial charge on any atom is 0.290 e. The number of carbonyl (C=O) groups is 2. The molecule has 1 aromatic rings. The van der Waals surface area contributed by atoms with Gasteiger partial charge in [-0.1, -0.05) is 0 Å². The highest BCUT2D eigenvalue weighted by atomic mass is 32.2. The Bertz CT molecular complexity index is 514. The molecule has 2 amide bonds. The first-order valence-corrected chi connectivity index (χ1v) is 5.68. The van der Waals surface area contributed by atoms with Gasteiger partial charge in [0.25, 0.3) is 11.1 Å². The number of hydrogen-bond acceptors (Lipinski definition) is 3. The van der Waals surface area contributed by atoms with E-state index in [-0.39, 0.29) is 11.1 Å². The van der Waals surface area contributed by atoms with E-state index < -0.39 is 0 Å². The van der Waals surface area contributed by atoms with E-state index in [2.05, 4.69) is 5.32 Å². The van der Waals surface area contributed by atoms with Crippen molar-refractivity contribution in [3.8, 4) is 0 Å². The summed E-state index contributed by atoms with van der Waals surface area (Å²) in [5, 5.41) is 1.93. The molecular formula is C11H12N2O2S. The second-order valence-corrected chi connectivity index (χ2v) is 4.75. The fourth-order valence-electron chi connectivity index (χ4n) is 1.59. The summed E-state index contributed by atoms with van der Waals surface area (Å²) in [7, 11) is 1.97. The minimum absolute atomic E-state index is 0.304. The van der Waals surface area contributed by atoms with Crippen LogP contribution in [0.5, 0.6) is 0 Å². The van der Waals surface area contributed by atoms with Crippen LogP contribution in [0, 0.1) is 13.8 Å². The van der Waals surface area contributed by atoms with Gasteiger partial charge in [-0.25, -0.2) is 0 Å². The van der Waals surface area contributed by atoms with Gasteiger partial charge in [-0.15, -0.1) is 0 Å². The minimum atomic E-state index is -0.309. The summed E-state index contributed by atoms with van der Waals surface area (Å²) >= 11 is 0.945. The van der Waals surface area contributed by atoms with Crippen LogP contribution in [0.3, 0.4) is 0 Å². The van der Waals surface area contributed by atoms with Gasteiger partial charge in [-0.3, -0.25) is 14.9 Å². The van der Waals surface area contributed by atoms with Gasteiger partial charge in [-0.2, -0.15) is 0 Å². The van der Waals surface area contributed by atoms with Gasteiger partial charge in [0, 0.05) is 18.4 Å². The molecule has 0 unspecified atom stereocenters. The first kappa shape index (κ1) is 11.0. The molecule has 1 aliphatic rings. The number of nitrogens with zero attached hydrogens (tertiary/aromatic N) is 1. The Morgan fingerprint density at radius 2 is 2.06 bits per heavy atom. The van der Waals surface area contributed by atoms with Crippen molar-refractivity contribution in [3.05, 3.63) is 27.9 Å². The van der Waals surface area contributed by atoms with E-state index in [0.717, 1.165) is 28.7 Å². The molecule has 1 saturated heterocycles. The molecule has 0 radical (unpaired) electrons. The largest absolute Gasteiger partial charge is 0.352 e. The molecule has 0 saturated carbocycles. The van der Waals surface area contributed by atoms with Crippen LogP contribution in [0.1, 0.15) is 17.0 Å². The zero-order valence-corrected chi connectivity index (χ0v) is 10.1. The molecule has 0 bridgehead atoms. The smallest absolute Gasteiger partial charge is 0.290 e. The average Bonchev–Trinajstić information content (AvgIpc) is 2.64. The van der Waals surface area contributed by atoms with E-state index in [0.29, 0.717) is 4.91 Å². The predicted octanol–water partition coefficient (Wildman–Crippen LogP) is 1.97. The van der Waals surface area contributed by atoms with Crippen LogP contribution >= 0.6 is 11.8 Å². The maximum absolute atomic E-state index is 11.4. The van der Waals surface area contributed by atoms with Gasteiger partial charge in [-0.05, 0) is 43.3 Å². The van der Waals surface area contributed by atoms with E-state index in [1.807, 2.05) is 31.5 Å². The number of aromatic nitrogens is 1. The number of imide groups is 1. The summed E-state index contributed by atoms with van der Waals surface area (Å²) in [5.74, 6) is -0.309. The molecule has 2 heterocycles. The molecule has 0 atom stereocenters. The molecule has 1 aliphatic heterocycles. The number of hydrogen-bond donors (Lipinski definition) is 1. The lowest BCUT2D eigenvalue weighted by atomic mass is 10.2. The van der Waals surface area contributed by atoms with Gasteiger partial charge < -0.3 is 4.57 Å². The van der Waals surface area contributed by atoms with E-state index in [9.17, 15) is 9.59 Å². The molecular weight excluding hydrogens is 224 g/mol. The van der Waals surface area contributed by atoms with Crippen LogP contribution in [0.25, 0.3) is 6.08 Å². The molecule has 2 rings (SSSR count). The third-order valence-corrected chi connectivity index (χ3v) is 3.55. The molecule has 1 aromatic heterocycles. The molecule has 0 spiro atoms. The van der Waals surface area contributed by atoms with E-state index in [4.69, 9.17) is 0 Å². The van der Waals surface area contributed by atoms with Gasteiger partial charge in [0.1, 0.15) is 0 Å². The Morgan fingerprint density at radius 3 is 2.50 bits per heavy atom. The summed E-state index contributed by atoms with van der Waals surface area (Å²) in [6.07, 6.45) is 1.76. The molecule has 0 aliphatic carbocycles. The third-order valence-electron chi connectivity index (χ3n) is 2.74. The Balaban J connectivity index is 2.40. The van der Waals surface area contributed by atoms with Gasteiger partial charge >= 0.3 is 0 Å². The Kier molecular flexibility index (Phi) is 2.63. The van der Waals surface area contributed by atoms with Crippen molar-refractivity contribution < 1.29 is 9.59 Å². The first-order chi connectivity index (χ1) is 7.49. The lowest BCUT2D eigenvalue weighted by molar-refractivity contribution is -0.115. The van der Waals surface area contributed by atoms with Crippen molar-refractivity contribution in [3.63, 3.8) is 0 Å².